The van der Waals surface area contributed by atoms with Crippen molar-refractivity contribution >= 4 is 17.6 Å². The SMILES string of the molecule is CC(C)CN1CCC(NC(=O)NCCOc2cccc(Cl)c2)CC1. The highest BCUT2D eigenvalue weighted by Gasteiger charge is 2.20. The summed E-state index contributed by atoms with van der Waals surface area (Å²) in [6, 6.07) is 7.38. The number of likely N-dealkylation sites (tertiary alicyclic amines) is 1. The Morgan fingerprint density at radius 2 is 2.12 bits per heavy atom. The summed E-state index contributed by atoms with van der Waals surface area (Å²) in [6.45, 7) is 8.61. The van der Waals surface area contributed by atoms with E-state index in [1.54, 1.807) is 12.1 Å². The molecule has 0 saturated carbocycles. The van der Waals surface area contributed by atoms with Gasteiger partial charge in [-0.05, 0) is 37.0 Å². The van der Waals surface area contributed by atoms with Crippen LogP contribution in [0.15, 0.2) is 24.3 Å². The number of amides is 2. The van der Waals surface area contributed by atoms with Crippen molar-refractivity contribution in [3.05, 3.63) is 29.3 Å². The van der Waals surface area contributed by atoms with Crippen molar-refractivity contribution in [1.29, 1.82) is 0 Å². The molecule has 2 N–H and O–H groups in total. The molecule has 5 nitrogen and oxygen atoms in total. The molecule has 0 unspecified atom stereocenters. The van der Waals surface area contributed by atoms with Gasteiger partial charge in [-0.15, -0.1) is 0 Å². The summed E-state index contributed by atoms with van der Waals surface area (Å²) < 4.78 is 5.54. The predicted molar refractivity (Wildman–Crippen MR) is 97.8 cm³/mol. The van der Waals surface area contributed by atoms with Gasteiger partial charge in [-0.3, -0.25) is 0 Å². The maximum atomic E-state index is 11.9. The van der Waals surface area contributed by atoms with Crippen LogP contribution in [0.5, 0.6) is 5.75 Å². The van der Waals surface area contributed by atoms with Crippen molar-refractivity contribution in [3.8, 4) is 5.75 Å². The second kappa shape index (κ2) is 9.74. The lowest BCUT2D eigenvalue weighted by molar-refractivity contribution is 0.177. The molecule has 0 atom stereocenters. The summed E-state index contributed by atoms with van der Waals surface area (Å²) in [6.07, 6.45) is 2.03. The molecule has 2 amide bonds. The van der Waals surface area contributed by atoms with E-state index in [2.05, 4.69) is 29.4 Å². The van der Waals surface area contributed by atoms with Gasteiger partial charge in [-0.2, -0.15) is 0 Å². The maximum Gasteiger partial charge on any atom is 0.315 e. The van der Waals surface area contributed by atoms with Crippen molar-refractivity contribution in [2.75, 3.05) is 32.8 Å². The molecule has 24 heavy (non-hydrogen) atoms. The third-order valence-corrected chi connectivity index (χ3v) is 4.23. The topological polar surface area (TPSA) is 53.6 Å². The first-order chi connectivity index (χ1) is 11.5. The molecule has 2 rings (SSSR count). The minimum atomic E-state index is -0.119. The number of carbonyl (C=O) groups excluding carboxylic acids is 1. The van der Waals surface area contributed by atoms with Gasteiger partial charge in [0.15, 0.2) is 0 Å². The monoisotopic (exact) mass is 353 g/mol. The lowest BCUT2D eigenvalue weighted by Crippen LogP contribution is -2.48. The maximum absolute atomic E-state index is 11.9. The van der Waals surface area contributed by atoms with E-state index >= 15 is 0 Å². The minimum absolute atomic E-state index is 0.119. The summed E-state index contributed by atoms with van der Waals surface area (Å²) in [5.41, 5.74) is 0. The molecule has 0 radical (unpaired) electrons. The molecule has 1 aliphatic heterocycles. The highest BCUT2D eigenvalue weighted by atomic mass is 35.5. The second-order valence-corrected chi connectivity index (χ2v) is 7.11. The van der Waals surface area contributed by atoms with Gasteiger partial charge in [-0.25, -0.2) is 4.79 Å². The lowest BCUT2D eigenvalue weighted by atomic mass is 10.0. The van der Waals surface area contributed by atoms with Crippen LogP contribution in [-0.2, 0) is 0 Å². The summed E-state index contributed by atoms with van der Waals surface area (Å²) in [4.78, 5) is 14.4. The number of carbonyl (C=O) groups is 1. The zero-order valence-corrected chi connectivity index (χ0v) is 15.3. The van der Waals surface area contributed by atoms with E-state index < -0.39 is 0 Å². The number of urea groups is 1. The Balaban J connectivity index is 1.57. The molecule has 1 heterocycles. The first-order valence-electron chi connectivity index (χ1n) is 8.68. The van der Waals surface area contributed by atoms with Crippen LogP contribution in [-0.4, -0.2) is 49.8 Å². The number of hydrogen-bond donors (Lipinski definition) is 2. The molecule has 0 spiro atoms. The highest BCUT2D eigenvalue weighted by Crippen LogP contribution is 2.16. The zero-order chi connectivity index (χ0) is 17.4. The van der Waals surface area contributed by atoms with Crippen molar-refractivity contribution < 1.29 is 9.53 Å². The smallest absolute Gasteiger partial charge is 0.315 e. The molecule has 0 bridgehead atoms. The van der Waals surface area contributed by atoms with Crippen LogP contribution in [0.2, 0.25) is 5.02 Å². The van der Waals surface area contributed by atoms with Gasteiger partial charge < -0.3 is 20.3 Å². The van der Waals surface area contributed by atoms with Gasteiger partial charge in [0.2, 0.25) is 0 Å². The third kappa shape index (κ3) is 6.97. The van der Waals surface area contributed by atoms with Crippen LogP contribution in [0.4, 0.5) is 4.79 Å². The quantitative estimate of drug-likeness (QED) is 0.740. The van der Waals surface area contributed by atoms with Crippen molar-refractivity contribution in [2.24, 2.45) is 5.92 Å². The van der Waals surface area contributed by atoms with E-state index in [4.69, 9.17) is 16.3 Å². The van der Waals surface area contributed by atoms with E-state index in [0.717, 1.165) is 32.5 Å². The van der Waals surface area contributed by atoms with Crippen molar-refractivity contribution in [2.45, 2.75) is 32.7 Å². The van der Waals surface area contributed by atoms with Gasteiger partial charge in [0, 0.05) is 30.7 Å². The van der Waals surface area contributed by atoms with Crippen molar-refractivity contribution in [1.82, 2.24) is 15.5 Å². The number of ether oxygens (including phenoxy) is 1. The van der Waals surface area contributed by atoms with E-state index in [1.165, 1.54) is 0 Å². The molecule has 1 aromatic rings. The lowest BCUT2D eigenvalue weighted by Gasteiger charge is -2.33. The Morgan fingerprint density at radius 3 is 2.79 bits per heavy atom. The first-order valence-corrected chi connectivity index (χ1v) is 9.06. The molecular weight excluding hydrogens is 326 g/mol. The average Bonchev–Trinajstić information content (AvgIpc) is 2.53. The van der Waals surface area contributed by atoms with Gasteiger partial charge in [0.05, 0.1) is 6.54 Å². The predicted octanol–water partition coefficient (Wildman–Crippen LogP) is 3.14. The number of piperidine rings is 1. The van der Waals surface area contributed by atoms with Crippen LogP contribution in [0.25, 0.3) is 0 Å². The zero-order valence-electron chi connectivity index (χ0n) is 14.6. The summed E-state index contributed by atoms with van der Waals surface area (Å²) in [7, 11) is 0. The molecule has 1 fully saturated rings. The third-order valence-electron chi connectivity index (χ3n) is 4.00. The molecule has 1 aliphatic rings. The number of benzene rings is 1. The molecule has 1 aromatic carbocycles. The Kier molecular flexibility index (Phi) is 7.66. The fraction of sp³-hybridized carbons (Fsp3) is 0.611. The molecule has 134 valence electrons. The number of rotatable bonds is 7. The Hall–Kier alpha value is -1.46. The fourth-order valence-corrected chi connectivity index (χ4v) is 3.08. The number of hydrogen-bond acceptors (Lipinski definition) is 3. The average molecular weight is 354 g/mol. The molecular formula is C18H28ClN3O2. The van der Waals surface area contributed by atoms with Crippen LogP contribution in [0, 0.1) is 5.92 Å². The number of nitrogens with one attached hydrogen (secondary N) is 2. The number of halogens is 1. The van der Waals surface area contributed by atoms with Crippen LogP contribution in [0.3, 0.4) is 0 Å². The molecule has 1 saturated heterocycles. The molecule has 0 aromatic heterocycles. The van der Waals surface area contributed by atoms with Gasteiger partial charge >= 0.3 is 6.03 Å². The Morgan fingerprint density at radius 1 is 1.38 bits per heavy atom. The van der Waals surface area contributed by atoms with Crippen LogP contribution >= 0.6 is 11.6 Å². The summed E-state index contributed by atoms with van der Waals surface area (Å²) in [5, 5.41) is 6.52. The van der Waals surface area contributed by atoms with Crippen LogP contribution < -0.4 is 15.4 Å². The van der Waals surface area contributed by atoms with Gasteiger partial charge in [0.25, 0.3) is 0 Å². The number of nitrogens with zero attached hydrogens (tertiary/aromatic N) is 1. The van der Waals surface area contributed by atoms with Crippen LogP contribution in [0.1, 0.15) is 26.7 Å². The highest BCUT2D eigenvalue weighted by molar-refractivity contribution is 6.30. The standard InChI is InChI=1S/C18H28ClN3O2/c1-14(2)13-22-9-6-16(7-10-22)21-18(23)20-8-11-24-17-5-3-4-15(19)12-17/h3-5,12,14,16H,6-11,13H2,1-2H3,(H2,20,21,23). The van der Waals surface area contributed by atoms with Crippen molar-refractivity contribution in [3.63, 3.8) is 0 Å². The van der Waals surface area contributed by atoms with E-state index in [9.17, 15) is 4.79 Å². The van der Waals surface area contributed by atoms with Gasteiger partial charge in [-0.1, -0.05) is 31.5 Å². The molecule has 0 aliphatic carbocycles. The summed E-state index contributed by atoms with van der Waals surface area (Å²) in [5.74, 6) is 1.40. The second-order valence-electron chi connectivity index (χ2n) is 6.67. The fourth-order valence-electron chi connectivity index (χ4n) is 2.90. The largest absolute Gasteiger partial charge is 0.492 e. The van der Waals surface area contributed by atoms with E-state index in [-0.39, 0.29) is 12.1 Å². The van der Waals surface area contributed by atoms with Gasteiger partial charge in [0.1, 0.15) is 12.4 Å². The summed E-state index contributed by atoms with van der Waals surface area (Å²) >= 11 is 5.89. The van der Waals surface area contributed by atoms with E-state index in [1.807, 2.05) is 12.1 Å². The molecule has 6 heteroatoms. The Labute approximate surface area is 149 Å². The van der Waals surface area contributed by atoms with E-state index in [0.29, 0.717) is 29.8 Å². The minimum Gasteiger partial charge on any atom is -0.492 e. The normalized spacial score (nSPS) is 16.2. The Bertz CT molecular complexity index is 517. The first kappa shape index (κ1) is 18.9.